The summed E-state index contributed by atoms with van der Waals surface area (Å²) in [5.41, 5.74) is 2.15. The van der Waals surface area contributed by atoms with E-state index >= 15 is 0 Å². The van der Waals surface area contributed by atoms with Crippen LogP contribution in [0.25, 0.3) is 0 Å². The predicted octanol–water partition coefficient (Wildman–Crippen LogP) is 1.82. The minimum absolute atomic E-state index is 0.188. The standard InChI is InChI=1S/C10H19F3N2O/c1-4-7(5-2)6-15-8(16)9(3,14)10(11,12)13/h7H,4-6,14H2,1-3H3,(H,15,16). The van der Waals surface area contributed by atoms with Gasteiger partial charge in [-0.2, -0.15) is 13.2 Å². The molecular weight excluding hydrogens is 221 g/mol. The van der Waals surface area contributed by atoms with E-state index in [9.17, 15) is 18.0 Å². The summed E-state index contributed by atoms with van der Waals surface area (Å²) in [7, 11) is 0. The highest BCUT2D eigenvalue weighted by Gasteiger charge is 2.53. The van der Waals surface area contributed by atoms with Crippen LogP contribution in [-0.4, -0.2) is 24.2 Å². The van der Waals surface area contributed by atoms with Crippen LogP contribution in [0.2, 0.25) is 0 Å². The van der Waals surface area contributed by atoms with Crippen molar-refractivity contribution in [1.82, 2.24) is 5.32 Å². The van der Waals surface area contributed by atoms with Crippen molar-refractivity contribution in [1.29, 1.82) is 0 Å². The Hall–Kier alpha value is -0.780. The summed E-state index contributed by atoms with van der Waals surface area (Å²) in [6.45, 7) is 4.75. The predicted molar refractivity (Wildman–Crippen MR) is 55.7 cm³/mol. The molecule has 1 amide bonds. The molecule has 0 bridgehead atoms. The number of rotatable bonds is 5. The molecule has 0 rings (SSSR count). The normalized spacial score (nSPS) is 16.0. The first-order valence-corrected chi connectivity index (χ1v) is 5.30. The third-order valence-corrected chi connectivity index (χ3v) is 2.77. The lowest BCUT2D eigenvalue weighted by atomic mass is 10.00. The number of amides is 1. The van der Waals surface area contributed by atoms with Gasteiger partial charge in [0.1, 0.15) is 0 Å². The maximum atomic E-state index is 12.4. The fourth-order valence-electron chi connectivity index (χ4n) is 1.13. The largest absolute Gasteiger partial charge is 0.415 e. The maximum absolute atomic E-state index is 12.4. The summed E-state index contributed by atoms with van der Waals surface area (Å²) in [6, 6.07) is 0. The maximum Gasteiger partial charge on any atom is 0.415 e. The number of carbonyl (C=O) groups excluding carboxylic acids is 1. The first-order valence-electron chi connectivity index (χ1n) is 5.30. The van der Waals surface area contributed by atoms with Crippen LogP contribution >= 0.6 is 0 Å². The first-order chi connectivity index (χ1) is 7.16. The third-order valence-electron chi connectivity index (χ3n) is 2.77. The van der Waals surface area contributed by atoms with Crippen LogP contribution in [-0.2, 0) is 4.79 Å². The summed E-state index contributed by atoms with van der Waals surface area (Å²) in [6.07, 6.45) is -3.11. The number of carbonyl (C=O) groups is 1. The summed E-state index contributed by atoms with van der Waals surface area (Å²) in [5.74, 6) is -0.986. The zero-order chi connectivity index (χ0) is 13.0. The van der Waals surface area contributed by atoms with Crippen LogP contribution in [0, 0.1) is 5.92 Å². The molecule has 0 fully saturated rings. The van der Waals surface area contributed by atoms with Crippen molar-refractivity contribution in [2.45, 2.75) is 45.3 Å². The molecule has 0 aliphatic heterocycles. The monoisotopic (exact) mass is 240 g/mol. The zero-order valence-electron chi connectivity index (χ0n) is 9.82. The highest BCUT2D eigenvalue weighted by atomic mass is 19.4. The van der Waals surface area contributed by atoms with Crippen molar-refractivity contribution in [3.05, 3.63) is 0 Å². The van der Waals surface area contributed by atoms with Crippen LogP contribution in [0.15, 0.2) is 0 Å². The van der Waals surface area contributed by atoms with Crippen LogP contribution in [0.1, 0.15) is 33.6 Å². The number of hydrogen-bond donors (Lipinski definition) is 2. The Morgan fingerprint density at radius 1 is 1.31 bits per heavy atom. The molecule has 1 atom stereocenters. The molecule has 3 N–H and O–H groups in total. The number of halogens is 3. The van der Waals surface area contributed by atoms with Gasteiger partial charge in [-0.05, 0) is 12.8 Å². The fraction of sp³-hybridized carbons (Fsp3) is 0.900. The molecule has 0 spiro atoms. The molecule has 0 aromatic heterocycles. The van der Waals surface area contributed by atoms with Gasteiger partial charge < -0.3 is 11.1 Å². The molecule has 0 radical (unpaired) electrons. The molecule has 1 unspecified atom stereocenters. The van der Waals surface area contributed by atoms with Crippen molar-refractivity contribution in [3.63, 3.8) is 0 Å². The highest BCUT2D eigenvalue weighted by molar-refractivity contribution is 5.86. The molecule has 6 heteroatoms. The lowest BCUT2D eigenvalue weighted by Crippen LogP contribution is -2.61. The second kappa shape index (κ2) is 5.52. The average molecular weight is 240 g/mol. The Morgan fingerprint density at radius 3 is 2.06 bits per heavy atom. The zero-order valence-corrected chi connectivity index (χ0v) is 9.82. The molecule has 3 nitrogen and oxygen atoms in total. The van der Waals surface area contributed by atoms with Crippen molar-refractivity contribution in [3.8, 4) is 0 Å². The number of alkyl halides is 3. The van der Waals surface area contributed by atoms with Crippen molar-refractivity contribution >= 4 is 5.91 Å². The Labute approximate surface area is 93.6 Å². The first kappa shape index (κ1) is 15.2. The minimum Gasteiger partial charge on any atom is -0.354 e. The van der Waals surface area contributed by atoms with Gasteiger partial charge in [0.2, 0.25) is 5.91 Å². The van der Waals surface area contributed by atoms with Crippen LogP contribution in [0.5, 0.6) is 0 Å². The molecule has 0 aromatic rings. The van der Waals surface area contributed by atoms with Gasteiger partial charge in [-0.25, -0.2) is 0 Å². The summed E-state index contributed by atoms with van der Waals surface area (Å²) >= 11 is 0. The van der Waals surface area contributed by atoms with Gasteiger partial charge in [-0.15, -0.1) is 0 Å². The van der Waals surface area contributed by atoms with E-state index < -0.39 is 17.6 Å². The van der Waals surface area contributed by atoms with Crippen LogP contribution in [0.3, 0.4) is 0 Å². The third kappa shape index (κ3) is 3.66. The van der Waals surface area contributed by atoms with Crippen molar-refractivity contribution in [2.75, 3.05) is 6.54 Å². The van der Waals surface area contributed by atoms with E-state index in [0.717, 1.165) is 12.8 Å². The molecule has 16 heavy (non-hydrogen) atoms. The number of hydrogen-bond acceptors (Lipinski definition) is 2. The smallest absolute Gasteiger partial charge is 0.354 e. The van der Waals surface area contributed by atoms with E-state index in [1.165, 1.54) is 0 Å². The van der Waals surface area contributed by atoms with Gasteiger partial charge in [-0.3, -0.25) is 4.79 Å². The number of nitrogens with two attached hydrogens (primary N) is 1. The Balaban J connectivity index is 4.37. The summed E-state index contributed by atoms with van der Waals surface area (Å²) in [4.78, 5) is 11.3. The fourth-order valence-corrected chi connectivity index (χ4v) is 1.13. The highest BCUT2D eigenvalue weighted by Crippen LogP contribution is 2.27. The van der Waals surface area contributed by atoms with Gasteiger partial charge in [0.25, 0.3) is 0 Å². The molecule has 96 valence electrons. The molecule has 0 heterocycles. The van der Waals surface area contributed by atoms with E-state index in [-0.39, 0.29) is 12.5 Å². The number of nitrogens with one attached hydrogen (secondary N) is 1. The van der Waals surface area contributed by atoms with E-state index in [4.69, 9.17) is 5.73 Å². The SMILES string of the molecule is CCC(CC)CNC(=O)C(C)(N)C(F)(F)F. The second-order valence-corrected chi connectivity index (χ2v) is 4.09. The second-order valence-electron chi connectivity index (χ2n) is 4.09. The minimum atomic E-state index is -4.73. The van der Waals surface area contributed by atoms with Gasteiger partial charge in [-0.1, -0.05) is 26.7 Å². The average Bonchev–Trinajstić information content (AvgIpc) is 2.17. The Kier molecular flexibility index (Phi) is 5.25. The molecule has 0 aliphatic rings. The van der Waals surface area contributed by atoms with Crippen LogP contribution < -0.4 is 11.1 Å². The topological polar surface area (TPSA) is 55.1 Å². The van der Waals surface area contributed by atoms with E-state index in [1.807, 2.05) is 13.8 Å². The lowest BCUT2D eigenvalue weighted by molar-refractivity contribution is -0.187. The van der Waals surface area contributed by atoms with Crippen molar-refractivity contribution < 1.29 is 18.0 Å². The Morgan fingerprint density at radius 2 is 1.75 bits per heavy atom. The molecule has 0 saturated carbocycles. The summed E-state index contributed by atoms with van der Waals surface area (Å²) < 4.78 is 37.2. The lowest BCUT2D eigenvalue weighted by Gasteiger charge is -2.27. The van der Waals surface area contributed by atoms with Crippen LogP contribution in [0.4, 0.5) is 13.2 Å². The van der Waals surface area contributed by atoms with Gasteiger partial charge in [0.15, 0.2) is 5.54 Å². The molecule has 0 aliphatic carbocycles. The van der Waals surface area contributed by atoms with Gasteiger partial charge in [0.05, 0.1) is 0 Å². The van der Waals surface area contributed by atoms with Gasteiger partial charge >= 0.3 is 6.18 Å². The molecule has 0 saturated heterocycles. The quantitative estimate of drug-likeness (QED) is 0.770. The van der Waals surface area contributed by atoms with Crippen molar-refractivity contribution in [2.24, 2.45) is 11.7 Å². The molecular formula is C10H19F3N2O. The Bertz CT molecular complexity index is 235. The van der Waals surface area contributed by atoms with E-state index in [2.05, 4.69) is 5.32 Å². The van der Waals surface area contributed by atoms with E-state index in [0.29, 0.717) is 6.92 Å². The molecule has 0 aromatic carbocycles. The summed E-state index contributed by atoms with van der Waals surface area (Å²) in [5, 5.41) is 2.25. The van der Waals surface area contributed by atoms with Gasteiger partial charge in [0, 0.05) is 6.54 Å². The van der Waals surface area contributed by atoms with E-state index in [1.54, 1.807) is 0 Å².